The van der Waals surface area contributed by atoms with Crippen molar-refractivity contribution in [1.82, 2.24) is 4.98 Å². The van der Waals surface area contributed by atoms with Crippen molar-refractivity contribution < 1.29 is 14.3 Å². The number of rotatable bonds is 4. The van der Waals surface area contributed by atoms with Gasteiger partial charge in [-0.05, 0) is 18.6 Å². The molecule has 0 aliphatic carbocycles. The van der Waals surface area contributed by atoms with Gasteiger partial charge in [0.15, 0.2) is 0 Å². The summed E-state index contributed by atoms with van der Waals surface area (Å²) in [6.07, 6.45) is 1.08. The number of esters is 1. The van der Waals surface area contributed by atoms with E-state index >= 15 is 0 Å². The van der Waals surface area contributed by atoms with Crippen LogP contribution in [0.4, 0.5) is 0 Å². The molecule has 2 heterocycles. The number of nitrogens with zero attached hydrogens (tertiary/aromatic N) is 1. The molecule has 1 aromatic heterocycles. The first-order chi connectivity index (χ1) is 8.70. The highest BCUT2D eigenvalue weighted by Crippen LogP contribution is 2.35. The summed E-state index contributed by atoms with van der Waals surface area (Å²) < 4.78 is 10.2. The smallest absolute Gasteiger partial charge is 0.306 e. The first-order valence-corrected chi connectivity index (χ1v) is 6.01. The molecule has 0 spiro atoms. The zero-order valence-electron chi connectivity index (χ0n) is 10.5. The van der Waals surface area contributed by atoms with Gasteiger partial charge in [-0.2, -0.15) is 0 Å². The van der Waals surface area contributed by atoms with Crippen LogP contribution in [-0.4, -0.2) is 31.3 Å². The maximum Gasteiger partial charge on any atom is 0.306 e. The molecule has 2 N–H and O–H groups in total. The Labute approximate surface area is 106 Å². The normalized spacial score (nSPS) is 23.0. The average Bonchev–Trinajstić information content (AvgIpc) is 2.88. The van der Waals surface area contributed by atoms with Crippen molar-refractivity contribution in [2.24, 2.45) is 5.73 Å². The maximum atomic E-state index is 11.6. The second kappa shape index (κ2) is 5.46. The number of carbonyl (C=O) groups excluding carboxylic acids is 1. The van der Waals surface area contributed by atoms with Gasteiger partial charge in [-0.25, -0.2) is 0 Å². The standard InChI is InChI=1S/C13H18N2O3/c1-17-12(16)7-13(5-6-18-9-13)11-4-2-3-10(8-14)15-11/h2-4H,5-9,14H2,1H3. The zero-order valence-corrected chi connectivity index (χ0v) is 10.5. The first-order valence-electron chi connectivity index (χ1n) is 6.01. The van der Waals surface area contributed by atoms with Crippen molar-refractivity contribution in [3.63, 3.8) is 0 Å². The van der Waals surface area contributed by atoms with E-state index < -0.39 is 0 Å². The number of carbonyl (C=O) groups is 1. The largest absolute Gasteiger partial charge is 0.469 e. The fourth-order valence-corrected chi connectivity index (χ4v) is 2.28. The van der Waals surface area contributed by atoms with Crippen LogP contribution in [0.5, 0.6) is 0 Å². The Balaban J connectivity index is 2.31. The minimum atomic E-state index is -0.363. The maximum absolute atomic E-state index is 11.6. The van der Waals surface area contributed by atoms with Gasteiger partial charge in [0, 0.05) is 24.3 Å². The Bertz CT molecular complexity index is 428. The van der Waals surface area contributed by atoms with Crippen molar-refractivity contribution in [3.05, 3.63) is 29.6 Å². The molecule has 1 aliphatic rings. The molecule has 0 aromatic carbocycles. The predicted octanol–water partition coefficient (Wildman–Crippen LogP) is 0.761. The molecule has 1 saturated heterocycles. The number of nitrogens with two attached hydrogens (primary N) is 1. The third kappa shape index (κ3) is 2.52. The lowest BCUT2D eigenvalue weighted by Gasteiger charge is -2.25. The van der Waals surface area contributed by atoms with Crippen LogP contribution in [0.15, 0.2) is 18.2 Å². The average molecular weight is 250 g/mol. The van der Waals surface area contributed by atoms with Gasteiger partial charge in [-0.15, -0.1) is 0 Å². The molecule has 5 heteroatoms. The highest BCUT2D eigenvalue weighted by Gasteiger charge is 2.40. The van der Waals surface area contributed by atoms with Crippen molar-refractivity contribution >= 4 is 5.97 Å². The number of hydrogen-bond donors (Lipinski definition) is 1. The summed E-state index contributed by atoms with van der Waals surface area (Å²) in [7, 11) is 1.40. The van der Waals surface area contributed by atoms with Crippen LogP contribution < -0.4 is 5.73 Å². The number of methoxy groups -OCH3 is 1. The number of hydrogen-bond acceptors (Lipinski definition) is 5. The quantitative estimate of drug-likeness (QED) is 0.799. The second-order valence-corrected chi connectivity index (χ2v) is 4.55. The Kier molecular flexibility index (Phi) is 3.93. The highest BCUT2D eigenvalue weighted by molar-refractivity contribution is 5.71. The molecule has 1 aromatic rings. The third-order valence-electron chi connectivity index (χ3n) is 3.37. The molecule has 1 unspecified atom stereocenters. The highest BCUT2D eigenvalue weighted by atomic mass is 16.5. The molecule has 0 radical (unpaired) electrons. The Morgan fingerprint density at radius 3 is 3.06 bits per heavy atom. The molecule has 5 nitrogen and oxygen atoms in total. The second-order valence-electron chi connectivity index (χ2n) is 4.55. The van der Waals surface area contributed by atoms with Crippen LogP contribution in [0.3, 0.4) is 0 Å². The van der Waals surface area contributed by atoms with E-state index in [2.05, 4.69) is 4.98 Å². The predicted molar refractivity (Wildman–Crippen MR) is 65.9 cm³/mol. The molecule has 1 aliphatic heterocycles. The lowest BCUT2D eigenvalue weighted by molar-refractivity contribution is -0.142. The molecule has 1 fully saturated rings. The number of ether oxygens (including phenoxy) is 2. The van der Waals surface area contributed by atoms with Crippen LogP contribution in [0.25, 0.3) is 0 Å². The van der Waals surface area contributed by atoms with Crippen LogP contribution in [-0.2, 0) is 26.2 Å². The van der Waals surface area contributed by atoms with E-state index in [1.807, 2.05) is 18.2 Å². The summed E-state index contributed by atoms with van der Waals surface area (Å²) in [4.78, 5) is 16.1. The summed E-state index contributed by atoms with van der Waals surface area (Å²) in [6, 6.07) is 5.73. The fraction of sp³-hybridized carbons (Fsp3) is 0.538. The molecule has 0 bridgehead atoms. The van der Waals surface area contributed by atoms with Crippen LogP contribution in [0, 0.1) is 0 Å². The van der Waals surface area contributed by atoms with Crippen LogP contribution in [0.2, 0.25) is 0 Å². The summed E-state index contributed by atoms with van der Waals surface area (Å²) in [5.41, 5.74) is 6.93. The molecular formula is C13H18N2O3. The topological polar surface area (TPSA) is 74.4 Å². The number of aromatic nitrogens is 1. The van der Waals surface area contributed by atoms with Gasteiger partial charge < -0.3 is 15.2 Å². The fourth-order valence-electron chi connectivity index (χ4n) is 2.28. The monoisotopic (exact) mass is 250 g/mol. The molecule has 1 atom stereocenters. The van der Waals surface area contributed by atoms with E-state index in [0.29, 0.717) is 26.2 Å². The van der Waals surface area contributed by atoms with E-state index in [1.165, 1.54) is 7.11 Å². The van der Waals surface area contributed by atoms with Gasteiger partial charge >= 0.3 is 5.97 Å². The van der Waals surface area contributed by atoms with E-state index in [9.17, 15) is 4.79 Å². The summed E-state index contributed by atoms with van der Waals surface area (Å²) in [5.74, 6) is -0.236. The molecule has 0 saturated carbocycles. The Hall–Kier alpha value is -1.46. The van der Waals surface area contributed by atoms with Crippen molar-refractivity contribution in [1.29, 1.82) is 0 Å². The zero-order chi connectivity index (χ0) is 13.0. The van der Waals surface area contributed by atoms with Gasteiger partial charge in [0.1, 0.15) is 0 Å². The first kappa shape index (κ1) is 13.0. The van der Waals surface area contributed by atoms with Crippen molar-refractivity contribution in [3.8, 4) is 0 Å². The van der Waals surface area contributed by atoms with Crippen molar-refractivity contribution in [2.75, 3.05) is 20.3 Å². The van der Waals surface area contributed by atoms with Gasteiger partial charge in [-0.1, -0.05) is 6.07 Å². The Morgan fingerprint density at radius 2 is 2.44 bits per heavy atom. The molecule has 2 rings (SSSR count). The van der Waals surface area contributed by atoms with E-state index in [4.69, 9.17) is 15.2 Å². The Morgan fingerprint density at radius 1 is 1.61 bits per heavy atom. The van der Waals surface area contributed by atoms with Gasteiger partial charge in [0.2, 0.25) is 0 Å². The summed E-state index contributed by atoms with van der Waals surface area (Å²) in [5, 5.41) is 0. The molecule has 0 amide bonds. The SMILES string of the molecule is COC(=O)CC1(c2cccc(CN)n2)CCOC1. The lowest BCUT2D eigenvalue weighted by Crippen LogP contribution is -2.31. The minimum absolute atomic E-state index is 0.236. The van der Waals surface area contributed by atoms with E-state index in [0.717, 1.165) is 17.8 Å². The summed E-state index contributed by atoms with van der Waals surface area (Å²) >= 11 is 0. The van der Waals surface area contributed by atoms with Crippen molar-refractivity contribution in [2.45, 2.75) is 24.8 Å². The molecule has 18 heavy (non-hydrogen) atoms. The van der Waals surface area contributed by atoms with Crippen LogP contribution in [0.1, 0.15) is 24.2 Å². The third-order valence-corrected chi connectivity index (χ3v) is 3.37. The van der Waals surface area contributed by atoms with E-state index in [-0.39, 0.29) is 11.4 Å². The van der Waals surface area contributed by atoms with Gasteiger partial charge in [-0.3, -0.25) is 9.78 Å². The minimum Gasteiger partial charge on any atom is -0.469 e. The molecule has 98 valence electrons. The van der Waals surface area contributed by atoms with Gasteiger partial charge in [0.25, 0.3) is 0 Å². The number of pyridine rings is 1. The summed E-state index contributed by atoms with van der Waals surface area (Å²) in [6.45, 7) is 1.54. The van der Waals surface area contributed by atoms with E-state index in [1.54, 1.807) is 0 Å². The lowest BCUT2D eigenvalue weighted by atomic mass is 9.80. The molecular weight excluding hydrogens is 232 g/mol. The van der Waals surface area contributed by atoms with Gasteiger partial charge in [0.05, 0.1) is 25.8 Å². The van der Waals surface area contributed by atoms with Crippen LogP contribution >= 0.6 is 0 Å².